The minimum atomic E-state index is 0.0353. The molecule has 0 saturated heterocycles. The highest BCUT2D eigenvalue weighted by atomic mass is 16.1. The van der Waals surface area contributed by atoms with Gasteiger partial charge in [-0.15, -0.1) is 0 Å². The molecule has 0 aliphatic heterocycles. The first-order valence-electron chi connectivity index (χ1n) is 7.09. The number of aromatic nitrogens is 2. The second-order valence-corrected chi connectivity index (χ2v) is 6.53. The number of carbonyl (C=O) groups excluding carboxylic acids is 1. The fraction of sp³-hybridized carbons (Fsp3) is 0.412. The fourth-order valence-corrected chi connectivity index (χ4v) is 2.96. The van der Waals surface area contributed by atoms with E-state index in [9.17, 15) is 4.79 Å². The van der Waals surface area contributed by atoms with Crippen LogP contribution < -0.4 is 0 Å². The predicted molar refractivity (Wildman–Crippen MR) is 78.9 cm³/mol. The summed E-state index contributed by atoms with van der Waals surface area (Å²) in [7, 11) is 0. The van der Waals surface area contributed by atoms with Gasteiger partial charge >= 0.3 is 0 Å². The van der Waals surface area contributed by atoms with Gasteiger partial charge in [0.05, 0.1) is 24.0 Å². The average molecular weight is 268 g/mol. The number of nitrogens with zero attached hydrogens (tertiary/aromatic N) is 2. The Kier molecular flexibility index (Phi) is 3.00. The van der Waals surface area contributed by atoms with Gasteiger partial charge in [0.1, 0.15) is 0 Å². The van der Waals surface area contributed by atoms with E-state index in [1.165, 1.54) is 11.1 Å². The lowest BCUT2D eigenvalue weighted by Gasteiger charge is -2.29. The maximum absolute atomic E-state index is 12.2. The lowest BCUT2D eigenvalue weighted by atomic mass is 9.76. The van der Waals surface area contributed by atoms with Crippen LogP contribution >= 0.6 is 0 Å². The molecule has 3 nitrogen and oxygen atoms in total. The van der Waals surface area contributed by atoms with E-state index >= 15 is 0 Å². The molecule has 0 atom stereocenters. The number of benzene rings is 1. The van der Waals surface area contributed by atoms with Crippen molar-refractivity contribution in [2.75, 3.05) is 0 Å². The molecular formula is C17H20N2O. The zero-order valence-corrected chi connectivity index (χ0v) is 12.3. The Hall–Kier alpha value is -1.90. The Morgan fingerprint density at radius 1 is 1.25 bits per heavy atom. The van der Waals surface area contributed by atoms with Crippen LogP contribution in [0.1, 0.15) is 47.4 Å². The first-order valence-corrected chi connectivity index (χ1v) is 7.09. The Balaban J connectivity index is 1.98. The number of hydrogen-bond acceptors (Lipinski definition) is 2. The number of ketones is 1. The standard InChI is InChI=1S/C17H20N2O/c1-12-6-4-5-7-13(12)11-19-15-8-17(2,3)9-16(20)14(15)10-18-19/h4-7,10H,8-9,11H2,1-3H3. The third kappa shape index (κ3) is 2.28. The van der Waals surface area contributed by atoms with E-state index in [1.807, 2.05) is 16.8 Å². The minimum absolute atomic E-state index is 0.0353. The van der Waals surface area contributed by atoms with Crippen molar-refractivity contribution in [1.82, 2.24) is 9.78 Å². The molecule has 3 rings (SSSR count). The molecule has 0 spiro atoms. The molecule has 104 valence electrons. The van der Waals surface area contributed by atoms with Gasteiger partial charge in [-0.2, -0.15) is 5.10 Å². The summed E-state index contributed by atoms with van der Waals surface area (Å²) in [4.78, 5) is 12.2. The molecule has 0 amide bonds. The SMILES string of the molecule is Cc1ccccc1Cn1ncc2c1CC(C)(C)CC2=O. The highest BCUT2D eigenvalue weighted by molar-refractivity contribution is 5.98. The van der Waals surface area contributed by atoms with E-state index in [4.69, 9.17) is 0 Å². The maximum atomic E-state index is 12.2. The molecule has 0 bridgehead atoms. The predicted octanol–water partition coefficient (Wildman–Crippen LogP) is 3.39. The molecule has 1 aliphatic carbocycles. The Morgan fingerprint density at radius 3 is 2.75 bits per heavy atom. The Bertz CT molecular complexity index is 667. The lowest BCUT2D eigenvalue weighted by Crippen LogP contribution is -2.28. The summed E-state index contributed by atoms with van der Waals surface area (Å²) in [6.45, 7) is 7.16. The molecule has 1 aromatic heterocycles. The van der Waals surface area contributed by atoms with E-state index in [-0.39, 0.29) is 11.2 Å². The smallest absolute Gasteiger partial charge is 0.166 e. The molecule has 1 aliphatic rings. The molecule has 3 heteroatoms. The van der Waals surface area contributed by atoms with Crippen LogP contribution in [-0.4, -0.2) is 15.6 Å². The van der Waals surface area contributed by atoms with Crippen molar-refractivity contribution in [2.24, 2.45) is 5.41 Å². The summed E-state index contributed by atoms with van der Waals surface area (Å²) >= 11 is 0. The summed E-state index contributed by atoms with van der Waals surface area (Å²) in [5.41, 5.74) is 4.47. The normalized spacial score (nSPS) is 17.1. The number of aryl methyl sites for hydroxylation is 1. The topological polar surface area (TPSA) is 34.9 Å². The fourth-order valence-electron chi connectivity index (χ4n) is 2.96. The molecule has 0 N–H and O–H groups in total. The van der Waals surface area contributed by atoms with Crippen LogP contribution in [0.5, 0.6) is 0 Å². The first-order chi connectivity index (χ1) is 9.46. The van der Waals surface area contributed by atoms with E-state index in [1.54, 1.807) is 6.20 Å². The van der Waals surface area contributed by atoms with Crippen molar-refractivity contribution in [3.05, 3.63) is 52.8 Å². The van der Waals surface area contributed by atoms with Gasteiger partial charge in [-0.25, -0.2) is 0 Å². The summed E-state index contributed by atoms with van der Waals surface area (Å²) in [5, 5.41) is 4.45. The Morgan fingerprint density at radius 2 is 2.00 bits per heavy atom. The number of hydrogen-bond donors (Lipinski definition) is 0. The molecule has 0 radical (unpaired) electrons. The quantitative estimate of drug-likeness (QED) is 0.836. The average Bonchev–Trinajstić information content (AvgIpc) is 2.74. The minimum Gasteiger partial charge on any atom is -0.294 e. The van der Waals surface area contributed by atoms with Crippen molar-refractivity contribution < 1.29 is 4.79 Å². The lowest BCUT2D eigenvalue weighted by molar-refractivity contribution is 0.0910. The molecule has 1 heterocycles. The molecule has 20 heavy (non-hydrogen) atoms. The molecule has 0 saturated carbocycles. The van der Waals surface area contributed by atoms with Crippen LogP contribution in [-0.2, 0) is 13.0 Å². The van der Waals surface area contributed by atoms with Crippen LogP contribution in [0.25, 0.3) is 0 Å². The van der Waals surface area contributed by atoms with E-state index in [0.29, 0.717) is 6.42 Å². The van der Waals surface area contributed by atoms with Crippen molar-refractivity contribution >= 4 is 5.78 Å². The van der Waals surface area contributed by atoms with Crippen LogP contribution in [0.4, 0.5) is 0 Å². The van der Waals surface area contributed by atoms with E-state index in [0.717, 1.165) is 24.2 Å². The van der Waals surface area contributed by atoms with Crippen LogP contribution in [0, 0.1) is 12.3 Å². The van der Waals surface area contributed by atoms with E-state index in [2.05, 4.69) is 38.0 Å². The summed E-state index contributed by atoms with van der Waals surface area (Å²) in [5.74, 6) is 0.229. The first kappa shape index (κ1) is 13.1. The number of Topliss-reactive ketones (excluding diaryl/α,β-unsaturated/α-hetero) is 1. The zero-order chi connectivity index (χ0) is 14.3. The van der Waals surface area contributed by atoms with E-state index < -0.39 is 0 Å². The number of carbonyl (C=O) groups is 1. The molecular weight excluding hydrogens is 248 g/mol. The number of fused-ring (bicyclic) bond motifs is 1. The molecule has 0 unspecified atom stereocenters. The van der Waals surface area contributed by atoms with Gasteiger partial charge in [0.2, 0.25) is 0 Å². The van der Waals surface area contributed by atoms with Crippen LogP contribution in [0.3, 0.4) is 0 Å². The van der Waals surface area contributed by atoms with Crippen molar-refractivity contribution in [1.29, 1.82) is 0 Å². The van der Waals surface area contributed by atoms with Gasteiger partial charge in [-0.3, -0.25) is 9.48 Å². The summed E-state index contributed by atoms with van der Waals surface area (Å²) < 4.78 is 2.00. The third-order valence-electron chi connectivity index (χ3n) is 4.12. The van der Waals surface area contributed by atoms with Gasteiger partial charge in [-0.05, 0) is 29.9 Å². The zero-order valence-electron chi connectivity index (χ0n) is 12.3. The molecule has 0 fully saturated rings. The van der Waals surface area contributed by atoms with Crippen molar-refractivity contribution in [2.45, 2.75) is 40.2 Å². The largest absolute Gasteiger partial charge is 0.294 e. The summed E-state index contributed by atoms with van der Waals surface area (Å²) in [6, 6.07) is 8.33. The van der Waals surface area contributed by atoms with Gasteiger partial charge in [-0.1, -0.05) is 38.1 Å². The van der Waals surface area contributed by atoms with Crippen LogP contribution in [0.15, 0.2) is 30.5 Å². The van der Waals surface area contributed by atoms with Gasteiger partial charge in [0, 0.05) is 6.42 Å². The Labute approximate surface area is 119 Å². The third-order valence-corrected chi connectivity index (χ3v) is 4.12. The van der Waals surface area contributed by atoms with Gasteiger partial charge in [0.25, 0.3) is 0 Å². The molecule has 1 aromatic carbocycles. The second-order valence-electron chi connectivity index (χ2n) is 6.53. The van der Waals surface area contributed by atoms with Gasteiger partial charge in [0.15, 0.2) is 5.78 Å². The highest BCUT2D eigenvalue weighted by Crippen LogP contribution is 2.34. The highest BCUT2D eigenvalue weighted by Gasteiger charge is 2.33. The molecule has 2 aromatic rings. The number of rotatable bonds is 2. The second kappa shape index (κ2) is 4.58. The monoisotopic (exact) mass is 268 g/mol. The summed E-state index contributed by atoms with van der Waals surface area (Å²) in [6.07, 6.45) is 3.28. The van der Waals surface area contributed by atoms with Crippen molar-refractivity contribution in [3.8, 4) is 0 Å². The van der Waals surface area contributed by atoms with Crippen molar-refractivity contribution in [3.63, 3.8) is 0 Å². The van der Waals surface area contributed by atoms with Crippen LogP contribution in [0.2, 0.25) is 0 Å². The van der Waals surface area contributed by atoms with Gasteiger partial charge < -0.3 is 0 Å². The maximum Gasteiger partial charge on any atom is 0.166 e.